The second-order valence-electron chi connectivity index (χ2n) is 4.58. The summed E-state index contributed by atoms with van der Waals surface area (Å²) in [7, 11) is 0. The Morgan fingerprint density at radius 2 is 2.13 bits per heavy atom. The van der Waals surface area contributed by atoms with Crippen molar-refractivity contribution in [3.05, 3.63) is 21.9 Å². The SMILES string of the molecule is CCc1ccc(CNC(C)C2CCC2)s1. The minimum absolute atomic E-state index is 0.700. The van der Waals surface area contributed by atoms with Crippen molar-refractivity contribution in [2.45, 2.75) is 52.1 Å². The summed E-state index contributed by atoms with van der Waals surface area (Å²) in [6.07, 6.45) is 5.47. The fourth-order valence-corrected chi connectivity index (χ4v) is 2.98. The number of aryl methyl sites for hydroxylation is 1. The van der Waals surface area contributed by atoms with Gasteiger partial charge in [-0.25, -0.2) is 0 Å². The van der Waals surface area contributed by atoms with Gasteiger partial charge in [-0.15, -0.1) is 11.3 Å². The van der Waals surface area contributed by atoms with Crippen molar-refractivity contribution in [2.75, 3.05) is 0 Å². The average Bonchev–Trinajstić information content (AvgIpc) is 2.59. The first kappa shape index (κ1) is 11.2. The van der Waals surface area contributed by atoms with Gasteiger partial charge in [0.1, 0.15) is 0 Å². The highest BCUT2D eigenvalue weighted by molar-refractivity contribution is 7.11. The smallest absolute Gasteiger partial charge is 0.0302 e. The van der Waals surface area contributed by atoms with E-state index in [4.69, 9.17) is 0 Å². The zero-order chi connectivity index (χ0) is 10.7. The van der Waals surface area contributed by atoms with Crippen LogP contribution in [0, 0.1) is 5.92 Å². The third-order valence-corrected chi connectivity index (χ3v) is 4.75. The molecule has 1 aromatic rings. The fourth-order valence-electron chi connectivity index (χ4n) is 2.08. The molecule has 1 saturated carbocycles. The van der Waals surface area contributed by atoms with Crippen molar-refractivity contribution >= 4 is 11.3 Å². The quantitative estimate of drug-likeness (QED) is 0.804. The predicted molar refractivity (Wildman–Crippen MR) is 67.3 cm³/mol. The summed E-state index contributed by atoms with van der Waals surface area (Å²) in [5.41, 5.74) is 0. The number of hydrogen-bond donors (Lipinski definition) is 1. The number of thiophene rings is 1. The summed E-state index contributed by atoms with van der Waals surface area (Å²) in [5, 5.41) is 3.65. The first-order chi connectivity index (χ1) is 7.29. The lowest BCUT2D eigenvalue weighted by Gasteiger charge is -2.31. The van der Waals surface area contributed by atoms with E-state index in [1.807, 2.05) is 11.3 Å². The van der Waals surface area contributed by atoms with Crippen LogP contribution in [0.2, 0.25) is 0 Å². The van der Waals surface area contributed by atoms with E-state index in [0.717, 1.165) is 12.5 Å². The van der Waals surface area contributed by atoms with Crippen LogP contribution in [0.3, 0.4) is 0 Å². The van der Waals surface area contributed by atoms with Gasteiger partial charge in [0.15, 0.2) is 0 Å². The zero-order valence-electron chi connectivity index (χ0n) is 9.75. The summed E-state index contributed by atoms with van der Waals surface area (Å²) in [5.74, 6) is 0.940. The summed E-state index contributed by atoms with van der Waals surface area (Å²) >= 11 is 1.95. The number of hydrogen-bond acceptors (Lipinski definition) is 2. The fraction of sp³-hybridized carbons (Fsp3) is 0.692. The van der Waals surface area contributed by atoms with Crippen molar-refractivity contribution in [2.24, 2.45) is 5.92 Å². The molecule has 1 aromatic heterocycles. The Labute approximate surface area is 96.9 Å². The van der Waals surface area contributed by atoms with Crippen LogP contribution in [-0.2, 0) is 13.0 Å². The normalized spacial score (nSPS) is 18.8. The minimum Gasteiger partial charge on any atom is -0.309 e. The van der Waals surface area contributed by atoms with Crippen LogP contribution >= 0.6 is 11.3 Å². The molecule has 1 fully saturated rings. The minimum atomic E-state index is 0.700. The molecule has 1 atom stereocenters. The second kappa shape index (κ2) is 5.13. The molecule has 0 spiro atoms. The van der Waals surface area contributed by atoms with E-state index in [1.54, 1.807) is 0 Å². The largest absolute Gasteiger partial charge is 0.309 e. The lowest BCUT2D eigenvalue weighted by molar-refractivity contribution is 0.240. The Kier molecular flexibility index (Phi) is 3.81. The lowest BCUT2D eigenvalue weighted by Crippen LogP contribution is -2.36. The van der Waals surface area contributed by atoms with Crippen molar-refractivity contribution in [3.8, 4) is 0 Å². The standard InChI is InChI=1S/C13H21NS/c1-3-12-7-8-13(15-12)9-14-10(2)11-5-4-6-11/h7-8,10-11,14H,3-6,9H2,1-2H3. The van der Waals surface area contributed by atoms with Gasteiger partial charge < -0.3 is 5.32 Å². The summed E-state index contributed by atoms with van der Waals surface area (Å²) in [4.78, 5) is 2.99. The third-order valence-electron chi connectivity index (χ3n) is 3.52. The third kappa shape index (κ3) is 2.82. The van der Waals surface area contributed by atoms with Gasteiger partial charge in [0, 0.05) is 22.3 Å². The van der Waals surface area contributed by atoms with E-state index >= 15 is 0 Å². The van der Waals surface area contributed by atoms with Gasteiger partial charge in [-0.1, -0.05) is 13.3 Å². The number of rotatable bonds is 5. The molecule has 1 heterocycles. The molecule has 1 aliphatic carbocycles. The Morgan fingerprint density at radius 1 is 1.40 bits per heavy atom. The molecule has 1 N–H and O–H groups in total. The summed E-state index contributed by atoms with van der Waals surface area (Å²) in [6.45, 7) is 5.61. The van der Waals surface area contributed by atoms with Crippen LogP contribution in [0.25, 0.3) is 0 Å². The molecule has 0 saturated heterocycles. The van der Waals surface area contributed by atoms with Gasteiger partial charge in [0.25, 0.3) is 0 Å². The molecule has 1 aliphatic rings. The summed E-state index contributed by atoms with van der Waals surface area (Å²) in [6, 6.07) is 5.23. The zero-order valence-corrected chi connectivity index (χ0v) is 10.6. The van der Waals surface area contributed by atoms with Crippen molar-refractivity contribution in [1.29, 1.82) is 0 Å². The molecule has 1 nitrogen and oxygen atoms in total. The van der Waals surface area contributed by atoms with Gasteiger partial charge in [-0.2, -0.15) is 0 Å². The monoisotopic (exact) mass is 223 g/mol. The molecule has 2 rings (SSSR count). The molecule has 2 heteroatoms. The molecule has 0 bridgehead atoms. The maximum absolute atomic E-state index is 3.65. The topological polar surface area (TPSA) is 12.0 Å². The van der Waals surface area contributed by atoms with Crippen molar-refractivity contribution < 1.29 is 0 Å². The van der Waals surface area contributed by atoms with Gasteiger partial charge in [-0.05, 0) is 44.2 Å². The van der Waals surface area contributed by atoms with Crippen LogP contribution in [0.1, 0.15) is 42.9 Å². The second-order valence-corrected chi connectivity index (χ2v) is 5.84. The predicted octanol–water partition coefficient (Wildman–Crippen LogP) is 3.59. The highest BCUT2D eigenvalue weighted by Gasteiger charge is 2.23. The molecule has 1 unspecified atom stereocenters. The highest BCUT2D eigenvalue weighted by atomic mass is 32.1. The first-order valence-electron chi connectivity index (χ1n) is 6.10. The maximum Gasteiger partial charge on any atom is 0.0302 e. The first-order valence-corrected chi connectivity index (χ1v) is 6.92. The Balaban J connectivity index is 1.76. The summed E-state index contributed by atoms with van der Waals surface area (Å²) < 4.78 is 0. The molecule has 84 valence electrons. The van der Waals surface area contributed by atoms with E-state index in [0.29, 0.717) is 6.04 Å². The maximum atomic E-state index is 3.65. The Morgan fingerprint density at radius 3 is 2.67 bits per heavy atom. The van der Waals surface area contributed by atoms with Crippen LogP contribution in [0.15, 0.2) is 12.1 Å². The molecule has 0 radical (unpaired) electrons. The molecule has 15 heavy (non-hydrogen) atoms. The Bertz CT molecular complexity index is 301. The van der Waals surface area contributed by atoms with Crippen LogP contribution in [-0.4, -0.2) is 6.04 Å². The van der Waals surface area contributed by atoms with Gasteiger partial charge >= 0.3 is 0 Å². The van der Waals surface area contributed by atoms with E-state index in [-0.39, 0.29) is 0 Å². The molecular formula is C13H21NS. The average molecular weight is 223 g/mol. The van der Waals surface area contributed by atoms with E-state index in [9.17, 15) is 0 Å². The lowest BCUT2D eigenvalue weighted by atomic mass is 9.80. The number of nitrogens with one attached hydrogen (secondary N) is 1. The van der Waals surface area contributed by atoms with E-state index < -0.39 is 0 Å². The van der Waals surface area contributed by atoms with Gasteiger partial charge in [-0.3, -0.25) is 0 Å². The molecule has 0 aliphatic heterocycles. The molecule has 0 aromatic carbocycles. The van der Waals surface area contributed by atoms with Gasteiger partial charge in [0.2, 0.25) is 0 Å². The highest BCUT2D eigenvalue weighted by Crippen LogP contribution is 2.29. The molecular weight excluding hydrogens is 202 g/mol. The van der Waals surface area contributed by atoms with Crippen LogP contribution in [0.4, 0.5) is 0 Å². The van der Waals surface area contributed by atoms with Crippen LogP contribution < -0.4 is 5.32 Å². The van der Waals surface area contributed by atoms with Crippen molar-refractivity contribution in [1.82, 2.24) is 5.32 Å². The molecule has 0 amide bonds. The van der Waals surface area contributed by atoms with Gasteiger partial charge in [0.05, 0.1) is 0 Å². The van der Waals surface area contributed by atoms with E-state index in [2.05, 4.69) is 31.3 Å². The van der Waals surface area contributed by atoms with Crippen LogP contribution in [0.5, 0.6) is 0 Å². The Hall–Kier alpha value is -0.340. The van der Waals surface area contributed by atoms with Crippen molar-refractivity contribution in [3.63, 3.8) is 0 Å². The van der Waals surface area contributed by atoms with E-state index in [1.165, 1.54) is 35.4 Å².